The number of amides is 1. The Hall–Kier alpha value is -3.19. The van der Waals surface area contributed by atoms with Gasteiger partial charge in [0.2, 0.25) is 10.0 Å². The van der Waals surface area contributed by atoms with Crippen LogP contribution in [0.1, 0.15) is 5.56 Å². The molecule has 0 aliphatic heterocycles. The predicted octanol–water partition coefficient (Wildman–Crippen LogP) is 1.17. The number of sulfonamides is 1. The van der Waals surface area contributed by atoms with Gasteiger partial charge in [-0.1, -0.05) is 30.3 Å². The molecule has 2 aromatic carbocycles. The Morgan fingerprint density at radius 2 is 1.82 bits per heavy atom. The van der Waals surface area contributed by atoms with Gasteiger partial charge in [0.15, 0.2) is 0 Å². The Morgan fingerprint density at radius 3 is 2.36 bits per heavy atom. The zero-order valence-electron chi connectivity index (χ0n) is 14.9. The van der Waals surface area contributed by atoms with Crippen molar-refractivity contribution in [2.24, 2.45) is 5.14 Å². The zero-order valence-corrected chi connectivity index (χ0v) is 15.8. The van der Waals surface area contributed by atoms with Gasteiger partial charge in [-0.2, -0.15) is 5.26 Å². The number of carbonyl (C=O) groups is 1. The van der Waals surface area contributed by atoms with E-state index in [9.17, 15) is 23.6 Å². The molecule has 0 heterocycles. The van der Waals surface area contributed by atoms with Gasteiger partial charge in [0, 0.05) is 25.0 Å². The van der Waals surface area contributed by atoms with Gasteiger partial charge in [-0.25, -0.2) is 13.6 Å². The molecule has 0 aliphatic carbocycles. The van der Waals surface area contributed by atoms with E-state index in [2.05, 4.69) is 5.32 Å². The van der Waals surface area contributed by atoms with Gasteiger partial charge in [0.25, 0.3) is 5.91 Å². The lowest BCUT2D eigenvalue weighted by Gasteiger charge is -2.20. The first-order chi connectivity index (χ1) is 13.3. The van der Waals surface area contributed by atoms with Crippen molar-refractivity contribution in [2.45, 2.75) is 11.4 Å². The molecule has 0 fully saturated rings. The van der Waals surface area contributed by atoms with Gasteiger partial charge in [-0.15, -0.1) is 0 Å². The van der Waals surface area contributed by atoms with E-state index in [0.717, 1.165) is 5.56 Å². The smallest absolute Gasteiger partial charge is 0.267 e. The van der Waals surface area contributed by atoms with Crippen LogP contribution in [0.5, 0.6) is 0 Å². The molecule has 9 heteroatoms. The number of nitriles is 1. The lowest BCUT2D eigenvalue weighted by atomic mass is 10.2. The fourth-order valence-electron chi connectivity index (χ4n) is 2.38. The number of nitrogens with two attached hydrogens (primary N) is 1. The topological polar surface area (TPSA) is 137 Å². The molecular formula is C19H20N4O4S. The lowest BCUT2D eigenvalue weighted by Crippen LogP contribution is -2.24. The maximum Gasteiger partial charge on any atom is 0.267 e. The second-order valence-corrected chi connectivity index (χ2v) is 7.42. The molecule has 0 aliphatic rings. The number of aliphatic hydroxyl groups excluding tert-OH is 1. The summed E-state index contributed by atoms with van der Waals surface area (Å²) in [6, 6.07) is 16.5. The minimum atomic E-state index is -3.83. The molecule has 0 saturated carbocycles. The Bertz CT molecular complexity index is 981. The monoisotopic (exact) mass is 400 g/mol. The van der Waals surface area contributed by atoms with Gasteiger partial charge in [0.1, 0.15) is 11.6 Å². The lowest BCUT2D eigenvalue weighted by molar-refractivity contribution is -0.112. The number of nitrogens with one attached hydrogen (secondary N) is 1. The molecular weight excluding hydrogens is 380 g/mol. The van der Waals surface area contributed by atoms with Crippen molar-refractivity contribution in [1.29, 1.82) is 5.26 Å². The quantitative estimate of drug-likeness (QED) is 0.449. The van der Waals surface area contributed by atoms with Gasteiger partial charge >= 0.3 is 0 Å². The molecule has 0 atom stereocenters. The molecule has 0 aromatic heterocycles. The summed E-state index contributed by atoms with van der Waals surface area (Å²) < 4.78 is 22.5. The van der Waals surface area contributed by atoms with Crippen LogP contribution in [0.4, 0.5) is 5.69 Å². The van der Waals surface area contributed by atoms with Crippen molar-refractivity contribution in [3.63, 3.8) is 0 Å². The van der Waals surface area contributed by atoms with Crippen LogP contribution in [0.15, 0.2) is 71.3 Å². The molecule has 4 N–H and O–H groups in total. The van der Waals surface area contributed by atoms with Crippen molar-refractivity contribution in [2.75, 3.05) is 18.5 Å². The minimum Gasteiger partial charge on any atom is -0.395 e. The van der Waals surface area contributed by atoms with Crippen LogP contribution in [0.2, 0.25) is 0 Å². The third-order valence-corrected chi connectivity index (χ3v) is 4.66. The van der Waals surface area contributed by atoms with Crippen molar-refractivity contribution >= 4 is 21.6 Å². The normalized spacial score (nSPS) is 11.5. The van der Waals surface area contributed by atoms with Gasteiger partial charge < -0.3 is 15.3 Å². The molecule has 0 unspecified atom stereocenters. The molecule has 2 aromatic rings. The van der Waals surface area contributed by atoms with Crippen molar-refractivity contribution in [3.05, 3.63) is 71.9 Å². The van der Waals surface area contributed by atoms with Crippen molar-refractivity contribution in [1.82, 2.24) is 4.90 Å². The second-order valence-electron chi connectivity index (χ2n) is 5.86. The van der Waals surface area contributed by atoms with Crippen LogP contribution >= 0.6 is 0 Å². The highest BCUT2D eigenvalue weighted by Gasteiger charge is 2.13. The predicted molar refractivity (Wildman–Crippen MR) is 104 cm³/mol. The summed E-state index contributed by atoms with van der Waals surface area (Å²) in [4.78, 5) is 14.0. The van der Waals surface area contributed by atoms with E-state index in [0.29, 0.717) is 12.2 Å². The average Bonchev–Trinajstić information content (AvgIpc) is 2.66. The molecule has 0 spiro atoms. The zero-order chi connectivity index (χ0) is 20.6. The summed E-state index contributed by atoms with van der Waals surface area (Å²) in [6.07, 6.45) is 1.39. The van der Waals surface area contributed by atoms with Crippen molar-refractivity contribution < 1.29 is 18.3 Å². The molecule has 1 amide bonds. The van der Waals surface area contributed by atoms with Gasteiger partial charge in [-0.05, 0) is 29.8 Å². The SMILES string of the molecule is N#C/C(=C/N(CCO)Cc1ccccc1)C(=O)Nc1ccc(S(N)(=O)=O)cc1. The summed E-state index contributed by atoms with van der Waals surface area (Å²) in [5, 5.41) is 26.2. The first-order valence-corrected chi connectivity index (χ1v) is 9.83. The van der Waals surface area contributed by atoms with Crippen LogP contribution in [-0.2, 0) is 21.4 Å². The molecule has 0 bridgehead atoms. The molecule has 146 valence electrons. The number of primary sulfonamides is 1. The number of benzene rings is 2. The van der Waals surface area contributed by atoms with E-state index in [4.69, 9.17) is 5.14 Å². The first-order valence-electron chi connectivity index (χ1n) is 8.28. The fourth-order valence-corrected chi connectivity index (χ4v) is 2.90. The van der Waals surface area contributed by atoms with Gasteiger partial charge in [0.05, 0.1) is 11.5 Å². The number of nitrogens with zero attached hydrogens (tertiary/aromatic N) is 2. The summed E-state index contributed by atoms with van der Waals surface area (Å²) in [5.41, 5.74) is 1.12. The number of anilines is 1. The third kappa shape index (κ3) is 6.21. The second kappa shape index (κ2) is 9.66. The largest absolute Gasteiger partial charge is 0.395 e. The van der Waals surface area contributed by atoms with Crippen LogP contribution in [0.3, 0.4) is 0 Å². The van der Waals surface area contributed by atoms with Crippen LogP contribution in [0.25, 0.3) is 0 Å². The highest BCUT2D eigenvalue weighted by Crippen LogP contribution is 2.14. The highest BCUT2D eigenvalue weighted by molar-refractivity contribution is 7.89. The minimum absolute atomic E-state index is 0.0847. The molecule has 28 heavy (non-hydrogen) atoms. The average molecular weight is 400 g/mol. The Morgan fingerprint density at radius 1 is 1.18 bits per heavy atom. The summed E-state index contributed by atoms with van der Waals surface area (Å²) in [6.45, 7) is 0.526. The Balaban J connectivity index is 2.14. The number of rotatable bonds is 8. The van der Waals surface area contributed by atoms with E-state index in [1.807, 2.05) is 36.4 Å². The van der Waals surface area contributed by atoms with Gasteiger partial charge in [-0.3, -0.25) is 4.79 Å². The number of aliphatic hydroxyl groups is 1. The molecule has 2 rings (SSSR count). The van der Waals surface area contributed by atoms with E-state index in [-0.39, 0.29) is 23.6 Å². The Labute approximate surface area is 163 Å². The maximum atomic E-state index is 12.4. The number of carbonyl (C=O) groups excluding carboxylic acids is 1. The molecule has 8 nitrogen and oxygen atoms in total. The maximum absolute atomic E-state index is 12.4. The highest BCUT2D eigenvalue weighted by atomic mass is 32.2. The molecule has 0 saturated heterocycles. The van der Waals surface area contributed by atoms with Crippen molar-refractivity contribution in [3.8, 4) is 6.07 Å². The van der Waals surface area contributed by atoms with E-state index < -0.39 is 15.9 Å². The summed E-state index contributed by atoms with van der Waals surface area (Å²) >= 11 is 0. The van der Waals surface area contributed by atoms with E-state index >= 15 is 0 Å². The number of hydrogen-bond acceptors (Lipinski definition) is 6. The standard InChI is InChI=1S/C19H20N4O4S/c20-12-16(14-23(10-11-24)13-15-4-2-1-3-5-15)19(25)22-17-6-8-18(9-7-17)28(21,26)27/h1-9,14,24H,10-11,13H2,(H,22,25)(H2,21,26,27)/b16-14-. The third-order valence-electron chi connectivity index (χ3n) is 3.73. The van der Waals surface area contributed by atoms with Crippen LogP contribution < -0.4 is 10.5 Å². The number of hydrogen-bond donors (Lipinski definition) is 3. The summed E-state index contributed by atoms with van der Waals surface area (Å²) in [5.74, 6) is -0.651. The van der Waals surface area contributed by atoms with Crippen LogP contribution in [-0.4, -0.2) is 37.5 Å². The molecule has 0 radical (unpaired) electrons. The first kappa shape index (κ1) is 21.1. The summed E-state index contributed by atoms with van der Waals surface area (Å²) in [7, 11) is -3.83. The fraction of sp³-hybridized carbons (Fsp3) is 0.158. The van der Waals surface area contributed by atoms with E-state index in [1.54, 1.807) is 4.90 Å². The Kier molecular flexibility index (Phi) is 7.28. The van der Waals surface area contributed by atoms with E-state index in [1.165, 1.54) is 30.5 Å². The van der Waals surface area contributed by atoms with Crippen LogP contribution in [0, 0.1) is 11.3 Å².